The fraction of sp³-hybridized carbons (Fsp3) is 0.846. The highest BCUT2D eigenvalue weighted by Crippen LogP contribution is 2.18. The van der Waals surface area contributed by atoms with Gasteiger partial charge in [-0.15, -0.1) is 0 Å². The molecule has 1 fully saturated rings. The smallest absolute Gasteiger partial charge is 0.326 e. The maximum Gasteiger partial charge on any atom is 0.326 e. The second kappa shape index (κ2) is 7.33. The third-order valence-corrected chi connectivity index (χ3v) is 3.30. The average Bonchev–Trinajstić information content (AvgIpc) is 2.34. The number of carboxylic acids is 1. The van der Waals surface area contributed by atoms with E-state index in [-0.39, 0.29) is 0 Å². The summed E-state index contributed by atoms with van der Waals surface area (Å²) in [6.07, 6.45) is 3.87. The summed E-state index contributed by atoms with van der Waals surface area (Å²) in [5.74, 6) is -0.992. The van der Waals surface area contributed by atoms with Gasteiger partial charge in [0.25, 0.3) is 0 Å². The molecule has 0 spiro atoms. The molecule has 2 atom stereocenters. The SMILES string of the molecule is CCCCC(NC(=O)NC1(C)CCCOC1)C(=O)O. The summed E-state index contributed by atoms with van der Waals surface area (Å²) in [5.41, 5.74) is -0.407. The number of urea groups is 1. The van der Waals surface area contributed by atoms with Crippen LogP contribution >= 0.6 is 0 Å². The molecule has 1 saturated heterocycles. The second-order valence-electron chi connectivity index (χ2n) is 5.35. The third-order valence-electron chi connectivity index (χ3n) is 3.30. The predicted octanol–water partition coefficient (Wildman–Crippen LogP) is 1.50. The normalized spacial score (nSPS) is 24.5. The Balaban J connectivity index is 2.45. The fourth-order valence-corrected chi connectivity index (χ4v) is 2.17. The van der Waals surface area contributed by atoms with Crippen molar-refractivity contribution in [2.75, 3.05) is 13.2 Å². The van der Waals surface area contributed by atoms with Gasteiger partial charge < -0.3 is 20.5 Å². The molecule has 0 aromatic heterocycles. The van der Waals surface area contributed by atoms with Gasteiger partial charge in [0.05, 0.1) is 12.1 Å². The lowest BCUT2D eigenvalue weighted by Crippen LogP contribution is -2.57. The van der Waals surface area contributed by atoms with Crippen LogP contribution in [0, 0.1) is 0 Å². The van der Waals surface area contributed by atoms with Crippen molar-refractivity contribution in [1.82, 2.24) is 10.6 Å². The van der Waals surface area contributed by atoms with Crippen LogP contribution in [-0.4, -0.2) is 41.9 Å². The summed E-state index contributed by atoms with van der Waals surface area (Å²) in [4.78, 5) is 22.9. The molecule has 6 heteroatoms. The Morgan fingerprint density at radius 3 is 2.74 bits per heavy atom. The summed E-state index contributed by atoms with van der Waals surface area (Å²) >= 11 is 0. The zero-order chi connectivity index (χ0) is 14.3. The first-order valence-electron chi connectivity index (χ1n) is 6.86. The van der Waals surface area contributed by atoms with E-state index in [9.17, 15) is 9.59 Å². The number of carbonyl (C=O) groups excluding carboxylic acids is 1. The maximum atomic E-state index is 11.9. The Kier molecular flexibility index (Phi) is 6.08. The number of amides is 2. The lowest BCUT2D eigenvalue weighted by molar-refractivity contribution is -0.139. The molecule has 1 rings (SSSR count). The zero-order valence-corrected chi connectivity index (χ0v) is 11.7. The summed E-state index contributed by atoms with van der Waals surface area (Å²) in [6.45, 7) is 5.08. The molecule has 1 aliphatic rings. The predicted molar refractivity (Wildman–Crippen MR) is 71.1 cm³/mol. The van der Waals surface area contributed by atoms with Crippen molar-refractivity contribution in [3.05, 3.63) is 0 Å². The van der Waals surface area contributed by atoms with Crippen LogP contribution in [-0.2, 0) is 9.53 Å². The van der Waals surface area contributed by atoms with E-state index < -0.39 is 23.6 Å². The maximum absolute atomic E-state index is 11.9. The molecular formula is C13H24N2O4. The van der Waals surface area contributed by atoms with Gasteiger partial charge in [-0.1, -0.05) is 19.8 Å². The monoisotopic (exact) mass is 272 g/mol. The molecular weight excluding hydrogens is 248 g/mol. The minimum absolute atomic E-state index is 0.407. The molecule has 110 valence electrons. The van der Waals surface area contributed by atoms with Crippen LogP contribution < -0.4 is 10.6 Å². The van der Waals surface area contributed by atoms with Crippen LogP contribution in [0.1, 0.15) is 46.0 Å². The molecule has 0 aromatic rings. The van der Waals surface area contributed by atoms with Crippen LogP contribution in [0.3, 0.4) is 0 Å². The van der Waals surface area contributed by atoms with Gasteiger partial charge in [0, 0.05) is 6.61 Å². The fourth-order valence-electron chi connectivity index (χ4n) is 2.17. The Labute approximate surface area is 113 Å². The van der Waals surface area contributed by atoms with Crippen molar-refractivity contribution in [1.29, 1.82) is 0 Å². The van der Waals surface area contributed by atoms with Gasteiger partial charge in [-0.2, -0.15) is 0 Å². The second-order valence-corrected chi connectivity index (χ2v) is 5.35. The molecule has 6 nitrogen and oxygen atoms in total. The van der Waals surface area contributed by atoms with E-state index in [1.54, 1.807) is 0 Å². The van der Waals surface area contributed by atoms with Crippen molar-refractivity contribution < 1.29 is 19.4 Å². The molecule has 0 aliphatic carbocycles. The summed E-state index contributed by atoms with van der Waals surface area (Å²) in [5, 5.41) is 14.4. The Morgan fingerprint density at radius 1 is 1.47 bits per heavy atom. The third kappa shape index (κ3) is 5.46. The minimum Gasteiger partial charge on any atom is -0.480 e. The quantitative estimate of drug-likeness (QED) is 0.683. The Bertz CT molecular complexity index is 314. The van der Waals surface area contributed by atoms with Gasteiger partial charge in [-0.3, -0.25) is 0 Å². The van der Waals surface area contributed by atoms with Crippen molar-refractivity contribution in [3.8, 4) is 0 Å². The number of carbonyl (C=O) groups is 2. The molecule has 0 radical (unpaired) electrons. The zero-order valence-electron chi connectivity index (χ0n) is 11.7. The van der Waals surface area contributed by atoms with Crippen molar-refractivity contribution in [2.45, 2.75) is 57.5 Å². The molecule has 2 unspecified atom stereocenters. The summed E-state index contributed by atoms with van der Waals surface area (Å²) < 4.78 is 5.34. The van der Waals surface area contributed by atoms with Crippen molar-refractivity contribution >= 4 is 12.0 Å². The molecule has 0 saturated carbocycles. The molecule has 0 aromatic carbocycles. The van der Waals surface area contributed by atoms with E-state index in [2.05, 4.69) is 10.6 Å². The van der Waals surface area contributed by atoms with E-state index in [4.69, 9.17) is 9.84 Å². The molecule has 1 heterocycles. The van der Waals surface area contributed by atoms with Gasteiger partial charge in [-0.25, -0.2) is 9.59 Å². The van der Waals surface area contributed by atoms with Gasteiger partial charge in [0.2, 0.25) is 0 Å². The molecule has 2 amide bonds. The van der Waals surface area contributed by atoms with E-state index in [1.807, 2.05) is 13.8 Å². The van der Waals surface area contributed by atoms with Crippen molar-refractivity contribution in [3.63, 3.8) is 0 Å². The van der Waals surface area contributed by atoms with Gasteiger partial charge >= 0.3 is 12.0 Å². The van der Waals surface area contributed by atoms with E-state index in [0.717, 1.165) is 25.7 Å². The van der Waals surface area contributed by atoms with E-state index in [0.29, 0.717) is 19.6 Å². The number of rotatable bonds is 6. The lowest BCUT2D eigenvalue weighted by Gasteiger charge is -2.34. The molecule has 3 N–H and O–H groups in total. The first-order chi connectivity index (χ1) is 8.97. The first-order valence-corrected chi connectivity index (χ1v) is 6.86. The summed E-state index contributed by atoms with van der Waals surface area (Å²) in [6, 6.07) is -1.26. The Morgan fingerprint density at radius 2 is 2.21 bits per heavy atom. The summed E-state index contributed by atoms with van der Waals surface area (Å²) in [7, 11) is 0. The van der Waals surface area contributed by atoms with Gasteiger partial charge in [-0.05, 0) is 26.2 Å². The average molecular weight is 272 g/mol. The molecule has 1 aliphatic heterocycles. The standard InChI is InChI=1S/C13H24N2O4/c1-3-4-6-10(11(16)17)14-12(18)15-13(2)7-5-8-19-9-13/h10H,3-9H2,1-2H3,(H,16,17)(H2,14,15,18). The number of unbranched alkanes of at least 4 members (excludes halogenated alkanes) is 1. The largest absolute Gasteiger partial charge is 0.480 e. The van der Waals surface area contributed by atoms with Crippen LogP contribution in [0.25, 0.3) is 0 Å². The minimum atomic E-state index is -0.992. The number of carboxylic acid groups (broad SMARTS) is 1. The van der Waals surface area contributed by atoms with Crippen LogP contribution in [0.15, 0.2) is 0 Å². The highest BCUT2D eigenvalue weighted by atomic mass is 16.5. The van der Waals surface area contributed by atoms with Crippen LogP contribution in [0.2, 0.25) is 0 Å². The Hall–Kier alpha value is -1.30. The van der Waals surface area contributed by atoms with Gasteiger partial charge in [0.15, 0.2) is 0 Å². The highest BCUT2D eigenvalue weighted by molar-refractivity contribution is 5.82. The van der Waals surface area contributed by atoms with Crippen LogP contribution in [0.4, 0.5) is 4.79 Å². The highest BCUT2D eigenvalue weighted by Gasteiger charge is 2.30. The van der Waals surface area contributed by atoms with Crippen molar-refractivity contribution in [2.24, 2.45) is 0 Å². The van der Waals surface area contributed by atoms with E-state index in [1.165, 1.54) is 0 Å². The van der Waals surface area contributed by atoms with E-state index >= 15 is 0 Å². The molecule has 19 heavy (non-hydrogen) atoms. The number of aliphatic carboxylic acids is 1. The number of ether oxygens (including phenoxy) is 1. The number of hydrogen-bond donors (Lipinski definition) is 3. The number of nitrogens with one attached hydrogen (secondary N) is 2. The van der Waals surface area contributed by atoms with Gasteiger partial charge in [0.1, 0.15) is 6.04 Å². The lowest BCUT2D eigenvalue weighted by atomic mass is 9.95. The first kappa shape index (κ1) is 15.8. The van der Waals surface area contributed by atoms with Crippen LogP contribution in [0.5, 0.6) is 0 Å². The number of hydrogen-bond acceptors (Lipinski definition) is 3. The molecule has 0 bridgehead atoms. The topological polar surface area (TPSA) is 87.7 Å².